The summed E-state index contributed by atoms with van der Waals surface area (Å²) < 4.78 is 0. The molecule has 7 nitrogen and oxygen atoms in total. The largest absolute Gasteiger partial charge is 0.397 e. The SMILES string of the molecule is C[C@@H](C(=O)Nc1ccccc1)N(C(=O)c1ccccc1)C1=CCC(Cl)(C(=O)Nc2ccccc2N)C=C1. The van der Waals surface area contributed by atoms with Gasteiger partial charge in [0.15, 0.2) is 0 Å². The van der Waals surface area contributed by atoms with Crippen LogP contribution in [0.3, 0.4) is 0 Å². The zero-order chi connectivity index (χ0) is 26.4. The molecule has 37 heavy (non-hydrogen) atoms. The van der Waals surface area contributed by atoms with E-state index in [0.717, 1.165) is 0 Å². The van der Waals surface area contributed by atoms with Gasteiger partial charge in [0.25, 0.3) is 5.91 Å². The Bertz CT molecular complexity index is 1360. The molecule has 0 bridgehead atoms. The summed E-state index contributed by atoms with van der Waals surface area (Å²) >= 11 is 6.68. The summed E-state index contributed by atoms with van der Waals surface area (Å²) in [6, 6.07) is 23.8. The number of carbonyl (C=O) groups is 3. The van der Waals surface area contributed by atoms with Crippen molar-refractivity contribution in [2.45, 2.75) is 24.3 Å². The number of hydrogen-bond acceptors (Lipinski definition) is 4. The molecular formula is C29H27ClN4O3. The van der Waals surface area contributed by atoms with Gasteiger partial charge >= 0.3 is 0 Å². The van der Waals surface area contributed by atoms with Crippen LogP contribution >= 0.6 is 11.6 Å². The molecule has 1 unspecified atom stereocenters. The summed E-state index contributed by atoms with van der Waals surface area (Å²) in [6.07, 6.45) is 4.92. The van der Waals surface area contributed by atoms with Crippen LogP contribution in [0.25, 0.3) is 0 Å². The van der Waals surface area contributed by atoms with E-state index in [1.165, 1.54) is 11.0 Å². The van der Waals surface area contributed by atoms with Gasteiger partial charge in [-0.15, -0.1) is 11.6 Å². The van der Waals surface area contributed by atoms with Crippen molar-refractivity contribution < 1.29 is 14.4 Å². The van der Waals surface area contributed by atoms with Crippen molar-refractivity contribution in [3.05, 3.63) is 114 Å². The van der Waals surface area contributed by atoms with Crippen LogP contribution in [0.4, 0.5) is 17.1 Å². The van der Waals surface area contributed by atoms with E-state index in [1.807, 2.05) is 24.3 Å². The number of nitrogen functional groups attached to an aromatic ring is 1. The molecule has 0 spiro atoms. The molecule has 1 aliphatic rings. The first-order chi connectivity index (χ1) is 17.8. The highest BCUT2D eigenvalue weighted by Crippen LogP contribution is 2.32. The number of nitrogens with two attached hydrogens (primary N) is 1. The average molecular weight is 515 g/mol. The monoisotopic (exact) mass is 514 g/mol. The number of rotatable bonds is 7. The summed E-state index contributed by atoms with van der Waals surface area (Å²) in [5.41, 5.74) is 8.34. The Morgan fingerprint density at radius 2 is 1.54 bits per heavy atom. The number of halogens is 1. The van der Waals surface area contributed by atoms with Gasteiger partial charge in [0.05, 0.1) is 11.4 Å². The molecule has 0 saturated carbocycles. The predicted octanol–water partition coefficient (Wildman–Crippen LogP) is 5.20. The van der Waals surface area contributed by atoms with E-state index < -0.39 is 16.8 Å². The first kappa shape index (κ1) is 25.7. The van der Waals surface area contributed by atoms with Crippen molar-refractivity contribution in [3.63, 3.8) is 0 Å². The Morgan fingerprint density at radius 3 is 2.16 bits per heavy atom. The number of nitrogens with one attached hydrogen (secondary N) is 2. The third kappa shape index (κ3) is 5.90. The zero-order valence-electron chi connectivity index (χ0n) is 20.2. The van der Waals surface area contributed by atoms with E-state index in [4.69, 9.17) is 17.3 Å². The van der Waals surface area contributed by atoms with Gasteiger partial charge in [0, 0.05) is 16.9 Å². The molecule has 4 N–H and O–H groups in total. The second kappa shape index (κ2) is 11.1. The minimum Gasteiger partial charge on any atom is -0.397 e. The quantitative estimate of drug-likeness (QED) is 0.298. The van der Waals surface area contributed by atoms with Crippen LogP contribution in [0, 0.1) is 0 Å². The third-order valence-electron chi connectivity index (χ3n) is 6.04. The summed E-state index contributed by atoms with van der Waals surface area (Å²) in [5, 5.41) is 5.61. The van der Waals surface area contributed by atoms with Gasteiger partial charge in [-0.1, -0.05) is 60.7 Å². The van der Waals surface area contributed by atoms with E-state index in [9.17, 15) is 14.4 Å². The fourth-order valence-electron chi connectivity index (χ4n) is 3.91. The van der Waals surface area contributed by atoms with Crippen LogP contribution in [0.5, 0.6) is 0 Å². The Labute approximate surface area is 220 Å². The number of carbonyl (C=O) groups excluding carboxylic acids is 3. The molecule has 1 aliphatic carbocycles. The lowest BCUT2D eigenvalue weighted by Gasteiger charge is -2.33. The number of benzene rings is 3. The standard InChI is InChI=1S/C29H27ClN4O3/c1-20(26(35)32-22-12-6-3-7-13-22)34(27(36)21-10-4-2-5-11-21)23-16-18-29(30,19-17-23)28(37)33-25-15-9-8-14-24(25)31/h2-18,20H,19,31H2,1H3,(H,32,35)(H,33,37)/t20-,29?/m0/s1. The van der Waals surface area contributed by atoms with Crippen molar-refractivity contribution in [1.82, 2.24) is 4.90 Å². The molecule has 0 fully saturated rings. The molecule has 0 heterocycles. The van der Waals surface area contributed by atoms with Crippen molar-refractivity contribution in [3.8, 4) is 0 Å². The normalized spacial score (nSPS) is 17.3. The van der Waals surface area contributed by atoms with E-state index in [0.29, 0.717) is 28.3 Å². The van der Waals surface area contributed by atoms with Crippen molar-refractivity contribution in [2.75, 3.05) is 16.4 Å². The predicted molar refractivity (Wildman–Crippen MR) is 147 cm³/mol. The van der Waals surface area contributed by atoms with E-state index in [2.05, 4.69) is 10.6 Å². The van der Waals surface area contributed by atoms with Crippen LogP contribution in [-0.2, 0) is 9.59 Å². The lowest BCUT2D eigenvalue weighted by atomic mass is 9.95. The maximum Gasteiger partial charge on any atom is 0.258 e. The smallest absolute Gasteiger partial charge is 0.258 e. The van der Waals surface area contributed by atoms with Gasteiger partial charge in [-0.25, -0.2) is 0 Å². The molecule has 0 radical (unpaired) electrons. The van der Waals surface area contributed by atoms with E-state index >= 15 is 0 Å². The molecule has 3 aromatic rings. The number of nitrogens with zero attached hydrogens (tertiary/aromatic N) is 1. The third-order valence-corrected chi connectivity index (χ3v) is 6.49. The fourth-order valence-corrected chi connectivity index (χ4v) is 4.10. The Hall–Kier alpha value is -4.36. The number of para-hydroxylation sites is 3. The molecule has 3 amide bonds. The maximum atomic E-state index is 13.6. The number of allylic oxidation sites excluding steroid dienone is 2. The molecule has 0 aliphatic heterocycles. The minimum absolute atomic E-state index is 0.102. The molecule has 0 aromatic heterocycles. The van der Waals surface area contributed by atoms with Crippen LogP contribution in [0.15, 0.2) is 109 Å². The molecule has 2 atom stereocenters. The van der Waals surface area contributed by atoms with Gasteiger partial charge in [-0.05, 0) is 55.8 Å². The van der Waals surface area contributed by atoms with E-state index in [-0.39, 0.29) is 18.2 Å². The first-order valence-corrected chi connectivity index (χ1v) is 12.1. The summed E-state index contributed by atoms with van der Waals surface area (Å²) in [6.45, 7) is 1.65. The maximum absolute atomic E-state index is 13.6. The lowest BCUT2D eigenvalue weighted by molar-refractivity contribution is -0.119. The lowest BCUT2D eigenvalue weighted by Crippen LogP contribution is -2.46. The summed E-state index contributed by atoms with van der Waals surface area (Å²) in [4.78, 5) is 39.7. The topological polar surface area (TPSA) is 105 Å². The second-order valence-electron chi connectivity index (χ2n) is 8.64. The van der Waals surface area contributed by atoms with Gasteiger partial charge in [0.2, 0.25) is 11.8 Å². The van der Waals surface area contributed by atoms with Crippen molar-refractivity contribution >= 4 is 46.4 Å². The van der Waals surface area contributed by atoms with Gasteiger partial charge in [-0.2, -0.15) is 0 Å². The highest BCUT2D eigenvalue weighted by molar-refractivity contribution is 6.38. The first-order valence-electron chi connectivity index (χ1n) is 11.8. The summed E-state index contributed by atoms with van der Waals surface area (Å²) in [7, 11) is 0. The molecule has 3 aromatic carbocycles. The Balaban J connectivity index is 1.58. The Morgan fingerprint density at radius 1 is 0.919 bits per heavy atom. The average Bonchev–Trinajstić information content (AvgIpc) is 2.92. The van der Waals surface area contributed by atoms with Gasteiger partial charge < -0.3 is 16.4 Å². The molecule has 0 saturated heterocycles. The number of alkyl halides is 1. The van der Waals surface area contributed by atoms with E-state index in [1.54, 1.807) is 79.7 Å². The van der Waals surface area contributed by atoms with Crippen molar-refractivity contribution in [2.24, 2.45) is 0 Å². The number of anilines is 3. The molecular weight excluding hydrogens is 488 g/mol. The molecule has 8 heteroatoms. The highest BCUT2D eigenvalue weighted by atomic mass is 35.5. The minimum atomic E-state index is -1.39. The van der Waals surface area contributed by atoms with Crippen LogP contribution in [0.2, 0.25) is 0 Å². The van der Waals surface area contributed by atoms with Crippen LogP contribution < -0.4 is 16.4 Å². The summed E-state index contributed by atoms with van der Waals surface area (Å²) in [5.74, 6) is -1.16. The molecule has 188 valence electrons. The number of amides is 3. The van der Waals surface area contributed by atoms with Crippen LogP contribution in [0.1, 0.15) is 23.7 Å². The fraction of sp³-hybridized carbons (Fsp3) is 0.138. The Kier molecular flexibility index (Phi) is 7.74. The molecule has 4 rings (SSSR count). The number of hydrogen-bond donors (Lipinski definition) is 3. The second-order valence-corrected chi connectivity index (χ2v) is 9.32. The van der Waals surface area contributed by atoms with Gasteiger partial charge in [-0.3, -0.25) is 19.3 Å². The van der Waals surface area contributed by atoms with Crippen molar-refractivity contribution in [1.29, 1.82) is 0 Å². The van der Waals surface area contributed by atoms with Crippen LogP contribution in [-0.4, -0.2) is 33.5 Å². The zero-order valence-corrected chi connectivity index (χ0v) is 21.0. The van der Waals surface area contributed by atoms with Gasteiger partial charge in [0.1, 0.15) is 10.9 Å². The highest BCUT2D eigenvalue weighted by Gasteiger charge is 2.37.